The lowest BCUT2D eigenvalue weighted by molar-refractivity contribution is 0.569. The molecule has 0 spiro atoms. The number of benzene rings is 2. The Labute approximate surface area is 123 Å². The van der Waals surface area contributed by atoms with E-state index >= 15 is 0 Å². The maximum absolute atomic E-state index is 13.9. The summed E-state index contributed by atoms with van der Waals surface area (Å²) in [7, 11) is 1.66. The minimum atomic E-state index is -0.683. The fraction of sp³-hybridized carbons (Fsp3) is 0.133. The van der Waals surface area contributed by atoms with Crippen LogP contribution >= 0.6 is 11.6 Å². The molecule has 0 aliphatic rings. The highest BCUT2D eigenvalue weighted by atomic mass is 35.5. The SMILES string of the molecule is Cc1c(F)cc(-c2cc(F)c(Cl)c3nn(C)cc23)cc1F. The van der Waals surface area contributed by atoms with Gasteiger partial charge in [0.05, 0.1) is 0 Å². The molecule has 0 aliphatic heterocycles. The number of hydrogen-bond donors (Lipinski definition) is 0. The third-order valence-corrected chi connectivity index (χ3v) is 3.76. The molecular weight excluding hydrogens is 301 g/mol. The highest BCUT2D eigenvalue weighted by molar-refractivity contribution is 6.35. The molecule has 21 heavy (non-hydrogen) atoms. The van der Waals surface area contributed by atoms with Crippen LogP contribution in [-0.2, 0) is 7.05 Å². The Morgan fingerprint density at radius 2 is 1.67 bits per heavy atom. The van der Waals surface area contributed by atoms with Crippen molar-refractivity contribution in [1.82, 2.24) is 9.78 Å². The molecule has 0 radical (unpaired) electrons. The van der Waals surface area contributed by atoms with Gasteiger partial charge in [0.25, 0.3) is 0 Å². The summed E-state index contributed by atoms with van der Waals surface area (Å²) in [6.45, 7) is 1.34. The Kier molecular flexibility index (Phi) is 3.17. The lowest BCUT2D eigenvalue weighted by Gasteiger charge is -2.08. The van der Waals surface area contributed by atoms with Crippen LogP contribution in [0.3, 0.4) is 0 Å². The number of rotatable bonds is 1. The van der Waals surface area contributed by atoms with E-state index < -0.39 is 17.5 Å². The summed E-state index contributed by atoms with van der Waals surface area (Å²) in [5.74, 6) is -2.05. The first-order valence-electron chi connectivity index (χ1n) is 6.16. The van der Waals surface area contributed by atoms with Crippen molar-refractivity contribution in [3.05, 3.63) is 52.4 Å². The van der Waals surface area contributed by atoms with E-state index in [2.05, 4.69) is 5.10 Å². The van der Waals surface area contributed by atoms with Crippen molar-refractivity contribution in [2.45, 2.75) is 6.92 Å². The zero-order chi connectivity index (χ0) is 15.3. The summed E-state index contributed by atoms with van der Waals surface area (Å²) in [6, 6.07) is 3.51. The molecule has 0 atom stereocenters. The standard InChI is InChI=1S/C15H10ClF3N2/c1-7-11(17)3-8(4-12(7)18)9-5-13(19)14(16)15-10(9)6-21(2)20-15/h3-6H,1-2H3. The Balaban J connectivity index is 2.37. The molecule has 0 fully saturated rings. The van der Waals surface area contributed by atoms with Crippen LogP contribution in [0.1, 0.15) is 5.56 Å². The number of halogens is 4. The van der Waals surface area contributed by atoms with E-state index in [4.69, 9.17) is 11.6 Å². The molecule has 1 aromatic heterocycles. The molecule has 3 aromatic rings. The minimum Gasteiger partial charge on any atom is -0.275 e. The zero-order valence-electron chi connectivity index (χ0n) is 11.2. The molecule has 108 valence electrons. The minimum absolute atomic E-state index is 0.0735. The molecule has 2 aromatic carbocycles. The van der Waals surface area contributed by atoms with Crippen LogP contribution in [0.5, 0.6) is 0 Å². The van der Waals surface area contributed by atoms with Crippen molar-refractivity contribution < 1.29 is 13.2 Å². The van der Waals surface area contributed by atoms with Gasteiger partial charge in [-0.05, 0) is 36.2 Å². The van der Waals surface area contributed by atoms with Gasteiger partial charge >= 0.3 is 0 Å². The van der Waals surface area contributed by atoms with E-state index in [1.807, 2.05) is 0 Å². The smallest absolute Gasteiger partial charge is 0.144 e. The van der Waals surface area contributed by atoms with Crippen molar-refractivity contribution >= 4 is 22.5 Å². The van der Waals surface area contributed by atoms with Crippen LogP contribution in [-0.4, -0.2) is 9.78 Å². The van der Waals surface area contributed by atoms with Crippen LogP contribution in [0.15, 0.2) is 24.4 Å². The zero-order valence-corrected chi connectivity index (χ0v) is 12.0. The van der Waals surface area contributed by atoms with Crippen LogP contribution < -0.4 is 0 Å². The lowest BCUT2D eigenvalue weighted by Crippen LogP contribution is -1.92. The van der Waals surface area contributed by atoms with Crippen LogP contribution in [0.2, 0.25) is 5.02 Å². The summed E-state index contributed by atoms with van der Waals surface area (Å²) in [6.07, 6.45) is 1.63. The van der Waals surface area contributed by atoms with E-state index in [1.54, 1.807) is 13.2 Å². The molecule has 2 nitrogen and oxygen atoms in total. The highest BCUT2D eigenvalue weighted by Crippen LogP contribution is 2.35. The summed E-state index contributed by atoms with van der Waals surface area (Å²) >= 11 is 5.89. The van der Waals surface area contributed by atoms with Crippen LogP contribution in [0, 0.1) is 24.4 Å². The van der Waals surface area contributed by atoms with Crippen molar-refractivity contribution in [2.75, 3.05) is 0 Å². The molecule has 3 rings (SSSR count). The van der Waals surface area contributed by atoms with E-state index in [0.29, 0.717) is 10.9 Å². The van der Waals surface area contributed by atoms with Gasteiger partial charge in [-0.15, -0.1) is 0 Å². The van der Waals surface area contributed by atoms with E-state index in [9.17, 15) is 13.2 Å². The molecular formula is C15H10ClF3N2. The predicted octanol–water partition coefficient (Wildman–Crippen LogP) is 4.62. The van der Waals surface area contributed by atoms with E-state index in [0.717, 1.165) is 6.07 Å². The molecule has 0 N–H and O–H groups in total. The quantitative estimate of drug-likeness (QED) is 0.641. The van der Waals surface area contributed by atoms with Gasteiger partial charge in [-0.3, -0.25) is 4.68 Å². The normalized spacial score (nSPS) is 11.3. The molecule has 0 bridgehead atoms. The molecule has 6 heteroatoms. The Bertz CT molecular complexity index is 848. The average molecular weight is 311 g/mol. The Morgan fingerprint density at radius 1 is 1.05 bits per heavy atom. The number of aryl methyl sites for hydroxylation is 1. The van der Waals surface area contributed by atoms with Gasteiger partial charge in [0.1, 0.15) is 28.0 Å². The number of fused-ring (bicyclic) bond motifs is 1. The first-order valence-corrected chi connectivity index (χ1v) is 6.53. The van der Waals surface area contributed by atoms with E-state index in [1.165, 1.54) is 23.7 Å². The second-order valence-corrected chi connectivity index (χ2v) is 5.23. The van der Waals surface area contributed by atoms with E-state index in [-0.39, 0.29) is 21.7 Å². The van der Waals surface area contributed by atoms with Crippen molar-refractivity contribution in [1.29, 1.82) is 0 Å². The maximum atomic E-state index is 13.9. The first-order chi connectivity index (χ1) is 9.88. The predicted molar refractivity (Wildman–Crippen MR) is 75.8 cm³/mol. The lowest BCUT2D eigenvalue weighted by atomic mass is 10.00. The fourth-order valence-electron chi connectivity index (χ4n) is 2.27. The maximum Gasteiger partial charge on any atom is 0.144 e. The second-order valence-electron chi connectivity index (χ2n) is 4.85. The van der Waals surface area contributed by atoms with Gasteiger partial charge in [-0.1, -0.05) is 11.6 Å². The Morgan fingerprint density at radius 3 is 2.29 bits per heavy atom. The topological polar surface area (TPSA) is 17.8 Å². The highest BCUT2D eigenvalue weighted by Gasteiger charge is 2.17. The van der Waals surface area contributed by atoms with Gasteiger partial charge in [0.2, 0.25) is 0 Å². The van der Waals surface area contributed by atoms with Crippen molar-refractivity contribution in [3.63, 3.8) is 0 Å². The van der Waals surface area contributed by atoms with Crippen LogP contribution in [0.25, 0.3) is 22.0 Å². The average Bonchev–Trinajstić information content (AvgIpc) is 2.81. The Hall–Kier alpha value is -2.01. The first kappa shape index (κ1) is 13.9. The molecule has 1 heterocycles. The third-order valence-electron chi connectivity index (χ3n) is 3.40. The number of nitrogens with zero attached hydrogens (tertiary/aromatic N) is 2. The summed E-state index contributed by atoms with van der Waals surface area (Å²) in [4.78, 5) is 0. The summed E-state index contributed by atoms with van der Waals surface area (Å²) in [5.41, 5.74) is 0.771. The van der Waals surface area contributed by atoms with Crippen molar-refractivity contribution in [3.8, 4) is 11.1 Å². The molecule has 0 aliphatic carbocycles. The third kappa shape index (κ3) is 2.17. The molecule has 0 saturated carbocycles. The van der Waals surface area contributed by atoms with Gasteiger partial charge in [-0.2, -0.15) is 5.10 Å². The largest absolute Gasteiger partial charge is 0.275 e. The molecule has 0 amide bonds. The van der Waals surface area contributed by atoms with Gasteiger partial charge in [0, 0.05) is 24.2 Å². The monoisotopic (exact) mass is 310 g/mol. The number of hydrogen-bond acceptors (Lipinski definition) is 1. The molecule has 0 unspecified atom stereocenters. The van der Waals surface area contributed by atoms with Crippen molar-refractivity contribution in [2.24, 2.45) is 7.05 Å². The molecule has 0 saturated heterocycles. The van der Waals surface area contributed by atoms with Gasteiger partial charge < -0.3 is 0 Å². The summed E-state index contributed by atoms with van der Waals surface area (Å²) < 4.78 is 42.8. The van der Waals surface area contributed by atoms with Gasteiger partial charge in [-0.25, -0.2) is 13.2 Å². The number of aromatic nitrogens is 2. The fourth-order valence-corrected chi connectivity index (χ4v) is 2.46. The van der Waals surface area contributed by atoms with Gasteiger partial charge in [0.15, 0.2) is 0 Å². The van der Waals surface area contributed by atoms with Crippen LogP contribution in [0.4, 0.5) is 13.2 Å². The second kappa shape index (κ2) is 4.77. The summed E-state index contributed by atoms with van der Waals surface area (Å²) in [5, 5.41) is 4.50.